The fourth-order valence-corrected chi connectivity index (χ4v) is 2.56. The molecule has 0 fully saturated rings. The van der Waals surface area contributed by atoms with Gasteiger partial charge in [0, 0.05) is 25.3 Å². The maximum atomic E-state index is 5.84. The lowest BCUT2D eigenvalue weighted by atomic mass is 10.0. The van der Waals surface area contributed by atoms with Crippen molar-refractivity contribution in [1.29, 1.82) is 0 Å². The molecule has 19 heavy (non-hydrogen) atoms. The standard InChI is InChI=1S/C15H25N3O/c1-6-19-14(10(4)5)15-17-12-8-16-7-11(12)13(18-15)9(2)3/h9-10,14,16H,6-8H2,1-5H3. The number of hydrogen-bond donors (Lipinski definition) is 1. The Hall–Kier alpha value is -1.00. The van der Waals surface area contributed by atoms with Gasteiger partial charge in [0.1, 0.15) is 6.10 Å². The molecule has 1 atom stereocenters. The van der Waals surface area contributed by atoms with E-state index >= 15 is 0 Å². The Labute approximate surface area is 116 Å². The van der Waals surface area contributed by atoms with Gasteiger partial charge in [-0.2, -0.15) is 0 Å². The molecule has 4 nitrogen and oxygen atoms in total. The molecule has 1 unspecified atom stereocenters. The largest absolute Gasteiger partial charge is 0.370 e. The summed E-state index contributed by atoms with van der Waals surface area (Å²) in [4.78, 5) is 9.55. The molecule has 1 aromatic heterocycles. The molecule has 2 rings (SSSR count). The van der Waals surface area contributed by atoms with Crippen molar-refractivity contribution < 1.29 is 4.74 Å². The molecule has 0 radical (unpaired) electrons. The smallest absolute Gasteiger partial charge is 0.157 e. The zero-order chi connectivity index (χ0) is 14.0. The van der Waals surface area contributed by atoms with Gasteiger partial charge in [0.2, 0.25) is 0 Å². The van der Waals surface area contributed by atoms with E-state index in [9.17, 15) is 0 Å². The molecule has 2 heterocycles. The Balaban J connectivity index is 2.43. The fraction of sp³-hybridized carbons (Fsp3) is 0.733. The predicted molar refractivity (Wildman–Crippen MR) is 75.9 cm³/mol. The Kier molecular flexibility index (Phi) is 4.53. The van der Waals surface area contributed by atoms with Crippen molar-refractivity contribution in [2.75, 3.05) is 6.61 Å². The number of hydrogen-bond acceptors (Lipinski definition) is 4. The minimum Gasteiger partial charge on any atom is -0.370 e. The lowest BCUT2D eigenvalue weighted by Gasteiger charge is -2.21. The first-order valence-corrected chi connectivity index (χ1v) is 7.26. The van der Waals surface area contributed by atoms with Crippen molar-refractivity contribution >= 4 is 0 Å². The summed E-state index contributed by atoms with van der Waals surface area (Å²) in [6.45, 7) is 13.2. The van der Waals surface area contributed by atoms with Crippen molar-refractivity contribution in [2.45, 2.75) is 59.7 Å². The van der Waals surface area contributed by atoms with Crippen molar-refractivity contribution in [3.8, 4) is 0 Å². The number of aromatic nitrogens is 2. The molecule has 0 saturated carbocycles. The number of nitrogens with one attached hydrogen (secondary N) is 1. The average molecular weight is 263 g/mol. The number of nitrogens with zero attached hydrogens (tertiary/aromatic N) is 2. The second-order valence-corrected chi connectivity index (χ2v) is 5.77. The topological polar surface area (TPSA) is 47.0 Å². The van der Waals surface area contributed by atoms with Gasteiger partial charge in [0.05, 0.1) is 11.4 Å². The molecular formula is C15H25N3O. The van der Waals surface area contributed by atoms with Crippen LogP contribution in [0.5, 0.6) is 0 Å². The highest BCUT2D eigenvalue weighted by molar-refractivity contribution is 5.31. The Morgan fingerprint density at radius 1 is 1.16 bits per heavy atom. The number of rotatable bonds is 5. The third kappa shape index (κ3) is 2.95. The van der Waals surface area contributed by atoms with E-state index in [1.54, 1.807) is 0 Å². The van der Waals surface area contributed by atoms with Gasteiger partial charge in [-0.1, -0.05) is 27.7 Å². The number of ether oxygens (including phenoxy) is 1. The van der Waals surface area contributed by atoms with Gasteiger partial charge >= 0.3 is 0 Å². The van der Waals surface area contributed by atoms with Crippen LogP contribution in [0.25, 0.3) is 0 Å². The molecule has 4 heteroatoms. The fourth-order valence-electron chi connectivity index (χ4n) is 2.56. The summed E-state index contributed by atoms with van der Waals surface area (Å²) in [5.74, 6) is 1.65. The highest BCUT2D eigenvalue weighted by Crippen LogP contribution is 2.29. The van der Waals surface area contributed by atoms with Crippen molar-refractivity contribution in [2.24, 2.45) is 5.92 Å². The van der Waals surface area contributed by atoms with Crippen LogP contribution in [0.1, 0.15) is 69.4 Å². The second-order valence-electron chi connectivity index (χ2n) is 5.77. The lowest BCUT2D eigenvalue weighted by molar-refractivity contribution is 0.0228. The first-order valence-electron chi connectivity index (χ1n) is 7.26. The van der Waals surface area contributed by atoms with E-state index in [1.807, 2.05) is 6.92 Å². The van der Waals surface area contributed by atoms with Gasteiger partial charge in [-0.05, 0) is 18.8 Å². The van der Waals surface area contributed by atoms with Crippen LogP contribution in [0.15, 0.2) is 0 Å². The highest BCUT2D eigenvalue weighted by atomic mass is 16.5. The summed E-state index contributed by atoms with van der Waals surface area (Å²) < 4.78 is 5.84. The normalized spacial score (nSPS) is 16.2. The third-order valence-electron chi connectivity index (χ3n) is 3.49. The van der Waals surface area contributed by atoms with Crippen LogP contribution in [0.3, 0.4) is 0 Å². The quantitative estimate of drug-likeness (QED) is 0.887. The maximum absolute atomic E-state index is 5.84. The van der Waals surface area contributed by atoms with E-state index in [0.717, 1.165) is 24.6 Å². The van der Waals surface area contributed by atoms with Crippen LogP contribution >= 0.6 is 0 Å². The molecule has 0 saturated heterocycles. The van der Waals surface area contributed by atoms with Crippen LogP contribution in [0.4, 0.5) is 0 Å². The van der Waals surface area contributed by atoms with E-state index in [1.165, 1.54) is 11.3 Å². The highest BCUT2D eigenvalue weighted by Gasteiger charge is 2.25. The van der Waals surface area contributed by atoms with Crippen molar-refractivity contribution in [3.05, 3.63) is 22.8 Å². The molecular weight excluding hydrogens is 238 g/mol. The first kappa shape index (κ1) is 14.4. The third-order valence-corrected chi connectivity index (χ3v) is 3.49. The van der Waals surface area contributed by atoms with E-state index < -0.39 is 0 Å². The van der Waals surface area contributed by atoms with Crippen LogP contribution in [-0.2, 0) is 17.8 Å². The molecule has 1 aromatic rings. The summed E-state index contributed by atoms with van der Waals surface area (Å²) in [5.41, 5.74) is 3.62. The van der Waals surface area contributed by atoms with E-state index in [0.29, 0.717) is 18.4 Å². The van der Waals surface area contributed by atoms with Gasteiger partial charge in [0.15, 0.2) is 5.82 Å². The zero-order valence-electron chi connectivity index (χ0n) is 12.7. The van der Waals surface area contributed by atoms with E-state index in [4.69, 9.17) is 14.7 Å². The van der Waals surface area contributed by atoms with E-state index in [-0.39, 0.29) is 6.10 Å². The molecule has 106 valence electrons. The SMILES string of the molecule is CCOC(c1nc2c(c(C(C)C)n1)CNC2)C(C)C. The minimum atomic E-state index is -0.00611. The zero-order valence-corrected chi connectivity index (χ0v) is 12.7. The molecule has 0 spiro atoms. The molecule has 1 N–H and O–H groups in total. The molecule has 0 aromatic carbocycles. The van der Waals surface area contributed by atoms with Crippen molar-refractivity contribution in [3.63, 3.8) is 0 Å². The monoisotopic (exact) mass is 263 g/mol. The molecule has 0 bridgehead atoms. The minimum absolute atomic E-state index is 0.00611. The summed E-state index contributed by atoms with van der Waals surface area (Å²) in [6.07, 6.45) is -0.00611. The van der Waals surface area contributed by atoms with Gasteiger partial charge < -0.3 is 10.1 Å². The average Bonchev–Trinajstić information content (AvgIpc) is 2.81. The van der Waals surface area contributed by atoms with Crippen molar-refractivity contribution in [1.82, 2.24) is 15.3 Å². The predicted octanol–water partition coefficient (Wildman–Crippen LogP) is 2.94. The van der Waals surface area contributed by atoms with Crippen LogP contribution in [0.2, 0.25) is 0 Å². The van der Waals surface area contributed by atoms with Gasteiger partial charge in [0.25, 0.3) is 0 Å². The Bertz CT molecular complexity index is 443. The lowest BCUT2D eigenvalue weighted by Crippen LogP contribution is -2.17. The Morgan fingerprint density at radius 2 is 1.89 bits per heavy atom. The summed E-state index contributed by atoms with van der Waals surface area (Å²) in [5, 5.41) is 3.37. The van der Waals surface area contributed by atoms with Gasteiger partial charge in [-0.25, -0.2) is 9.97 Å². The second kappa shape index (κ2) is 5.97. The summed E-state index contributed by atoms with van der Waals surface area (Å²) in [6, 6.07) is 0. The van der Waals surface area contributed by atoms with Crippen LogP contribution < -0.4 is 5.32 Å². The van der Waals surface area contributed by atoms with Crippen LogP contribution in [0, 0.1) is 5.92 Å². The van der Waals surface area contributed by atoms with Gasteiger partial charge in [-0.15, -0.1) is 0 Å². The first-order chi connectivity index (χ1) is 9.04. The molecule has 0 aliphatic carbocycles. The number of fused-ring (bicyclic) bond motifs is 1. The van der Waals surface area contributed by atoms with E-state index in [2.05, 4.69) is 33.0 Å². The summed E-state index contributed by atoms with van der Waals surface area (Å²) >= 11 is 0. The summed E-state index contributed by atoms with van der Waals surface area (Å²) in [7, 11) is 0. The van der Waals surface area contributed by atoms with Gasteiger partial charge in [-0.3, -0.25) is 0 Å². The Morgan fingerprint density at radius 3 is 2.47 bits per heavy atom. The van der Waals surface area contributed by atoms with Crippen LogP contribution in [-0.4, -0.2) is 16.6 Å². The molecule has 0 amide bonds. The molecule has 1 aliphatic rings. The molecule has 1 aliphatic heterocycles. The maximum Gasteiger partial charge on any atom is 0.157 e.